The van der Waals surface area contributed by atoms with Gasteiger partial charge >= 0.3 is 6.03 Å². The van der Waals surface area contributed by atoms with Crippen LogP contribution >= 0.6 is 0 Å². The van der Waals surface area contributed by atoms with Crippen LogP contribution in [0.2, 0.25) is 0 Å². The van der Waals surface area contributed by atoms with Crippen LogP contribution in [0.4, 0.5) is 10.5 Å². The van der Waals surface area contributed by atoms with E-state index in [0.717, 1.165) is 23.4 Å². The molecule has 2 aliphatic heterocycles. The summed E-state index contributed by atoms with van der Waals surface area (Å²) in [6, 6.07) is 5.02. The number of amides is 2. The number of carbonyl (C=O) groups is 1. The van der Waals surface area contributed by atoms with Crippen molar-refractivity contribution >= 4 is 21.6 Å². The van der Waals surface area contributed by atoms with Gasteiger partial charge in [-0.15, -0.1) is 0 Å². The van der Waals surface area contributed by atoms with Gasteiger partial charge in [0.15, 0.2) is 9.84 Å². The van der Waals surface area contributed by atoms with Crippen molar-refractivity contribution in [2.24, 2.45) is 0 Å². The van der Waals surface area contributed by atoms with Crippen molar-refractivity contribution in [1.29, 1.82) is 0 Å². The molecule has 1 aromatic carbocycles. The zero-order chi connectivity index (χ0) is 14.3. The minimum Gasteiger partial charge on any atom is -0.493 e. The van der Waals surface area contributed by atoms with Crippen LogP contribution in [0.1, 0.15) is 5.56 Å². The van der Waals surface area contributed by atoms with Crippen LogP contribution in [0.15, 0.2) is 18.2 Å². The van der Waals surface area contributed by atoms with Crippen LogP contribution in [-0.4, -0.2) is 50.6 Å². The van der Waals surface area contributed by atoms with E-state index in [-0.39, 0.29) is 23.6 Å². The molecular weight excluding hydrogens is 280 g/mol. The molecular formula is C13H16N2O4S. The highest BCUT2D eigenvalue weighted by Crippen LogP contribution is 2.31. The molecule has 0 unspecified atom stereocenters. The largest absolute Gasteiger partial charge is 0.493 e. The predicted molar refractivity (Wildman–Crippen MR) is 74.9 cm³/mol. The first-order chi connectivity index (χ1) is 9.46. The summed E-state index contributed by atoms with van der Waals surface area (Å²) in [6.07, 6.45) is 0.771. The molecule has 6 nitrogen and oxygen atoms in total. The fourth-order valence-electron chi connectivity index (χ4n) is 2.47. The molecule has 1 aromatic rings. The molecule has 3 rings (SSSR count). The van der Waals surface area contributed by atoms with Crippen molar-refractivity contribution in [3.05, 3.63) is 23.8 Å². The molecule has 2 amide bonds. The number of nitrogens with zero attached hydrogens (tertiary/aromatic N) is 1. The second kappa shape index (κ2) is 4.66. The summed E-state index contributed by atoms with van der Waals surface area (Å²) >= 11 is 0. The fraction of sp³-hybridized carbons (Fsp3) is 0.462. The summed E-state index contributed by atoms with van der Waals surface area (Å²) < 4.78 is 27.8. The first-order valence-electron chi connectivity index (χ1n) is 6.45. The van der Waals surface area contributed by atoms with Crippen LogP contribution in [0.5, 0.6) is 5.75 Å². The molecule has 0 saturated carbocycles. The molecule has 0 spiro atoms. The number of hydrogen-bond acceptors (Lipinski definition) is 4. The highest BCUT2D eigenvalue weighted by Gasteiger charge is 2.38. The highest BCUT2D eigenvalue weighted by molar-refractivity contribution is 7.92. The summed E-state index contributed by atoms with van der Waals surface area (Å²) in [6.45, 7) is 0.624. The number of carbonyl (C=O) groups excluding carboxylic acids is 1. The lowest BCUT2D eigenvalue weighted by Gasteiger charge is -2.34. The van der Waals surface area contributed by atoms with Gasteiger partial charge < -0.3 is 15.0 Å². The van der Waals surface area contributed by atoms with Crippen LogP contribution in [0, 0.1) is 0 Å². The average molecular weight is 296 g/mol. The Kier molecular flexibility index (Phi) is 3.08. The second-order valence-electron chi connectivity index (χ2n) is 5.15. The number of nitrogens with one attached hydrogen (secondary N) is 1. The van der Waals surface area contributed by atoms with Gasteiger partial charge in [0.05, 0.1) is 24.2 Å². The minimum absolute atomic E-state index is 0.0485. The smallest absolute Gasteiger partial charge is 0.321 e. The lowest BCUT2D eigenvalue weighted by molar-refractivity contribution is 0.209. The molecule has 2 heterocycles. The van der Waals surface area contributed by atoms with Crippen molar-refractivity contribution in [2.75, 3.05) is 30.5 Å². The lowest BCUT2D eigenvalue weighted by Crippen LogP contribution is -2.54. The normalized spacial score (nSPS) is 19.6. The van der Waals surface area contributed by atoms with Gasteiger partial charge in [0.25, 0.3) is 0 Å². The van der Waals surface area contributed by atoms with Gasteiger partial charge in [0.2, 0.25) is 0 Å². The maximum absolute atomic E-state index is 12.1. The van der Waals surface area contributed by atoms with E-state index < -0.39 is 9.84 Å². The molecule has 0 aromatic heterocycles. The van der Waals surface area contributed by atoms with Crippen molar-refractivity contribution in [3.63, 3.8) is 0 Å². The third kappa shape index (κ3) is 2.33. The number of benzene rings is 1. The first kappa shape index (κ1) is 13.2. The Bertz CT molecular complexity index is 644. The Morgan fingerprint density at radius 1 is 1.40 bits per heavy atom. The number of hydrogen-bond donors (Lipinski definition) is 1. The van der Waals surface area contributed by atoms with E-state index in [9.17, 15) is 13.2 Å². The molecule has 7 heteroatoms. The summed E-state index contributed by atoms with van der Waals surface area (Å²) in [4.78, 5) is 13.6. The van der Waals surface area contributed by atoms with Gasteiger partial charge in [-0.05, 0) is 12.1 Å². The number of fused-ring (bicyclic) bond motifs is 1. The van der Waals surface area contributed by atoms with Crippen LogP contribution in [0.3, 0.4) is 0 Å². The molecule has 1 N–H and O–H groups in total. The Labute approximate surface area is 117 Å². The Hall–Kier alpha value is -1.76. The molecule has 108 valence electrons. The standard InChI is InChI=1S/C13H16N2O4S/c1-15(9-7-20(17,18)8-9)13(16)14-11-3-2-4-12-10(11)5-6-19-12/h2-4,9H,5-8H2,1H3,(H,14,16). The molecule has 0 aliphatic carbocycles. The minimum atomic E-state index is -2.93. The van der Waals surface area contributed by atoms with Crippen molar-refractivity contribution < 1.29 is 17.9 Å². The Balaban J connectivity index is 1.69. The van der Waals surface area contributed by atoms with Crippen LogP contribution in [0.25, 0.3) is 0 Å². The van der Waals surface area contributed by atoms with Crippen molar-refractivity contribution in [1.82, 2.24) is 4.90 Å². The van der Waals surface area contributed by atoms with Gasteiger partial charge in [-0.25, -0.2) is 13.2 Å². The van der Waals surface area contributed by atoms with Crippen molar-refractivity contribution in [2.45, 2.75) is 12.5 Å². The summed E-state index contributed by atoms with van der Waals surface area (Å²) in [5.41, 5.74) is 1.73. The Morgan fingerprint density at radius 2 is 2.15 bits per heavy atom. The van der Waals surface area contributed by atoms with E-state index in [4.69, 9.17) is 4.74 Å². The molecule has 20 heavy (non-hydrogen) atoms. The summed E-state index contributed by atoms with van der Waals surface area (Å²) in [5.74, 6) is 0.900. The van der Waals surface area contributed by atoms with Gasteiger partial charge in [-0.2, -0.15) is 0 Å². The quantitative estimate of drug-likeness (QED) is 0.879. The highest BCUT2D eigenvalue weighted by atomic mass is 32.2. The molecule has 1 fully saturated rings. The molecule has 1 saturated heterocycles. The molecule has 0 radical (unpaired) electrons. The van der Waals surface area contributed by atoms with Crippen molar-refractivity contribution in [3.8, 4) is 5.75 Å². The number of rotatable bonds is 2. The predicted octanol–water partition coefficient (Wildman–Crippen LogP) is 0.882. The maximum Gasteiger partial charge on any atom is 0.321 e. The van der Waals surface area contributed by atoms with Gasteiger partial charge in [-0.1, -0.05) is 6.07 Å². The summed E-state index contributed by atoms with van der Waals surface area (Å²) in [5, 5.41) is 2.83. The number of ether oxygens (including phenoxy) is 1. The van der Waals surface area contributed by atoms with Crippen LogP contribution < -0.4 is 10.1 Å². The first-order valence-corrected chi connectivity index (χ1v) is 8.27. The van der Waals surface area contributed by atoms with Gasteiger partial charge in [0.1, 0.15) is 5.75 Å². The third-order valence-corrected chi connectivity index (χ3v) is 5.53. The molecule has 2 aliphatic rings. The van der Waals surface area contributed by atoms with E-state index in [1.165, 1.54) is 4.90 Å². The van der Waals surface area contributed by atoms with Crippen LogP contribution in [-0.2, 0) is 16.3 Å². The zero-order valence-corrected chi connectivity index (χ0v) is 11.9. The number of urea groups is 1. The maximum atomic E-state index is 12.1. The molecule has 0 bridgehead atoms. The Morgan fingerprint density at radius 3 is 2.85 bits per heavy atom. The lowest BCUT2D eigenvalue weighted by atomic mass is 10.1. The van der Waals surface area contributed by atoms with E-state index >= 15 is 0 Å². The topological polar surface area (TPSA) is 75.7 Å². The number of sulfone groups is 1. The third-order valence-electron chi connectivity index (χ3n) is 3.74. The van der Waals surface area contributed by atoms with E-state index in [1.54, 1.807) is 7.05 Å². The second-order valence-corrected chi connectivity index (χ2v) is 7.31. The average Bonchev–Trinajstić information content (AvgIpc) is 2.84. The monoisotopic (exact) mass is 296 g/mol. The van der Waals surface area contributed by atoms with Gasteiger partial charge in [-0.3, -0.25) is 0 Å². The van der Waals surface area contributed by atoms with Gasteiger partial charge in [0, 0.05) is 24.7 Å². The SMILES string of the molecule is CN(C(=O)Nc1cccc2c1CCO2)C1CS(=O)(=O)C1. The number of anilines is 1. The van der Waals surface area contributed by atoms with E-state index in [2.05, 4.69) is 5.32 Å². The molecule has 0 atom stereocenters. The fourth-order valence-corrected chi connectivity index (χ4v) is 3.99. The van der Waals surface area contributed by atoms with E-state index in [0.29, 0.717) is 6.61 Å². The summed E-state index contributed by atoms with van der Waals surface area (Å²) in [7, 11) is -1.31. The zero-order valence-electron chi connectivity index (χ0n) is 11.1. The van der Waals surface area contributed by atoms with E-state index in [1.807, 2.05) is 18.2 Å².